The van der Waals surface area contributed by atoms with Crippen molar-refractivity contribution in [2.24, 2.45) is 5.92 Å². The molecule has 25 heavy (non-hydrogen) atoms. The van der Waals surface area contributed by atoms with E-state index in [9.17, 15) is 14.4 Å². The van der Waals surface area contributed by atoms with Gasteiger partial charge in [-0.2, -0.15) is 0 Å². The van der Waals surface area contributed by atoms with Crippen molar-refractivity contribution in [3.8, 4) is 0 Å². The van der Waals surface area contributed by atoms with Crippen molar-refractivity contribution in [1.29, 1.82) is 0 Å². The lowest BCUT2D eigenvalue weighted by Gasteiger charge is -2.24. The number of H-pyrrole nitrogens is 1. The first-order chi connectivity index (χ1) is 12.1. The molecule has 2 heterocycles. The van der Waals surface area contributed by atoms with Crippen LogP contribution in [0.25, 0.3) is 10.9 Å². The Bertz CT molecular complexity index is 864. The molecule has 1 aliphatic rings. The minimum absolute atomic E-state index is 0.0107. The monoisotopic (exact) mass is 345 g/mol. The summed E-state index contributed by atoms with van der Waals surface area (Å²) in [5.74, 6) is 0.400. The molecule has 0 radical (unpaired) electrons. The summed E-state index contributed by atoms with van der Waals surface area (Å²) in [6.45, 7) is 4.98. The van der Waals surface area contributed by atoms with Crippen LogP contribution in [0.4, 0.5) is 0 Å². The van der Waals surface area contributed by atoms with Crippen molar-refractivity contribution < 1.29 is 9.53 Å². The quantitative estimate of drug-likeness (QED) is 0.845. The number of fused-ring (bicyclic) bond motifs is 1. The van der Waals surface area contributed by atoms with Gasteiger partial charge in [0, 0.05) is 38.6 Å². The second-order valence-corrected chi connectivity index (χ2v) is 6.34. The lowest BCUT2D eigenvalue weighted by molar-refractivity contribution is -0.131. The largest absolute Gasteiger partial charge is 0.381 e. The first-order valence-electron chi connectivity index (χ1n) is 8.67. The number of nitrogens with one attached hydrogen (secondary N) is 1. The predicted molar refractivity (Wildman–Crippen MR) is 94.6 cm³/mol. The van der Waals surface area contributed by atoms with Crippen molar-refractivity contribution in [2.75, 3.05) is 26.3 Å². The summed E-state index contributed by atoms with van der Waals surface area (Å²) in [6, 6.07) is 6.92. The van der Waals surface area contributed by atoms with Gasteiger partial charge >= 0.3 is 5.69 Å². The minimum atomic E-state index is -0.483. The second-order valence-electron chi connectivity index (χ2n) is 6.34. The van der Waals surface area contributed by atoms with Gasteiger partial charge < -0.3 is 9.64 Å². The number of amides is 1. The number of hydrogen-bond donors (Lipinski definition) is 1. The van der Waals surface area contributed by atoms with Gasteiger partial charge in [0.15, 0.2) is 0 Å². The van der Waals surface area contributed by atoms with Crippen LogP contribution in [0, 0.1) is 5.92 Å². The molecule has 1 saturated heterocycles. The number of carbonyl (C=O) groups is 1. The smallest absolute Gasteiger partial charge is 0.328 e. The van der Waals surface area contributed by atoms with E-state index in [-0.39, 0.29) is 18.9 Å². The van der Waals surface area contributed by atoms with Gasteiger partial charge in [0.05, 0.1) is 17.5 Å². The highest BCUT2D eigenvalue weighted by atomic mass is 16.5. The Labute approximate surface area is 145 Å². The average molecular weight is 345 g/mol. The minimum Gasteiger partial charge on any atom is -0.381 e. The Morgan fingerprint density at radius 1 is 1.36 bits per heavy atom. The van der Waals surface area contributed by atoms with Crippen LogP contribution in [-0.4, -0.2) is 46.7 Å². The highest BCUT2D eigenvalue weighted by Gasteiger charge is 2.21. The van der Waals surface area contributed by atoms with Crippen molar-refractivity contribution in [3.05, 3.63) is 45.1 Å². The van der Waals surface area contributed by atoms with E-state index in [1.54, 1.807) is 24.3 Å². The van der Waals surface area contributed by atoms with Crippen LogP contribution < -0.4 is 11.2 Å². The number of ether oxygens (including phenoxy) is 1. The van der Waals surface area contributed by atoms with Crippen LogP contribution in [0.5, 0.6) is 0 Å². The maximum absolute atomic E-state index is 12.5. The second kappa shape index (κ2) is 7.65. The molecule has 134 valence electrons. The molecule has 1 aromatic carbocycles. The molecule has 2 aromatic rings. The van der Waals surface area contributed by atoms with E-state index in [1.807, 2.05) is 11.8 Å². The van der Waals surface area contributed by atoms with Crippen molar-refractivity contribution in [1.82, 2.24) is 14.5 Å². The summed E-state index contributed by atoms with van der Waals surface area (Å²) in [6.07, 6.45) is 1.20. The molecule has 1 fully saturated rings. The molecule has 1 aromatic heterocycles. The van der Waals surface area contributed by atoms with Gasteiger partial charge in [0.25, 0.3) is 5.56 Å². The number of para-hydroxylation sites is 1. The van der Waals surface area contributed by atoms with Gasteiger partial charge in [-0.05, 0) is 25.5 Å². The zero-order valence-corrected chi connectivity index (χ0v) is 14.4. The SMILES string of the molecule is CCN(C[C@@H]1CCOC1)C(=O)CCn1c(=O)[nH]c(=O)c2ccccc21. The molecule has 0 unspecified atom stereocenters. The third kappa shape index (κ3) is 3.82. The molecule has 3 rings (SSSR count). The number of aromatic amines is 1. The number of nitrogens with zero attached hydrogens (tertiary/aromatic N) is 2. The van der Waals surface area contributed by atoms with Crippen molar-refractivity contribution >= 4 is 16.8 Å². The number of aromatic nitrogens is 2. The summed E-state index contributed by atoms with van der Waals surface area (Å²) >= 11 is 0. The van der Waals surface area contributed by atoms with E-state index in [1.165, 1.54) is 4.57 Å². The predicted octanol–water partition coefficient (Wildman–Crippen LogP) is 0.965. The van der Waals surface area contributed by atoms with Crippen LogP contribution in [0.1, 0.15) is 19.8 Å². The van der Waals surface area contributed by atoms with Gasteiger partial charge in [0.2, 0.25) is 5.91 Å². The van der Waals surface area contributed by atoms with Gasteiger partial charge in [-0.3, -0.25) is 19.1 Å². The molecule has 1 N–H and O–H groups in total. The Hall–Kier alpha value is -2.41. The van der Waals surface area contributed by atoms with E-state index >= 15 is 0 Å². The lowest BCUT2D eigenvalue weighted by Crippen LogP contribution is -2.37. The third-order valence-corrected chi connectivity index (χ3v) is 4.69. The maximum Gasteiger partial charge on any atom is 0.328 e. The summed E-state index contributed by atoms with van der Waals surface area (Å²) in [5, 5.41) is 0.449. The van der Waals surface area contributed by atoms with E-state index in [4.69, 9.17) is 4.74 Å². The van der Waals surface area contributed by atoms with E-state index in [2.05, 4.69) is 4.98 Å². The fourth-order valence-electron chi connectivity index (χ4n) is 3.28. The van der Waals surface area contributed by atoms with Crippen LogP contribution in [0.3, 0.4) is 0 Å². The molecule has 0 bridgehead atoms. The summed E-state index contributed by atoms with van der Waals surface area (Å²) in [5.41, 5.74) is -0.334. The summed E-state index contributed by atoms with van der Waals surface area (Å²) in [7, 11) is 0. The van der Waals surface area contributed by atoms with E-state index in [0.29, 0.717) is 36.5 Å². The molecule has 1 aliphatic heterocycles. The highest BCUT2D eigenvalue weighted by molar-refractivity contribution is 5.78. The average Bonchev–Trinajstić information content (AvgIpc) is 3.12. The molecule has 1 atom stereocenters. The molecular weight excluding hydrogens is 322 g/mol. The fraction of sp³-hybridized carbons (Fsp3) is 0.500. The number of benzene rings is 1. The van der Waals surface area contributed by atoms with Crippen molar-refractivity contribution in [2.45, 2.75) is 26.3 Å². The summed E-state index contributed by atoms with van der Waals surface area (Å²) < 4.78 is 6.83. The van der Waals surface area contributed by atoms with Crippen molar-refractivity contribution in [3.63, 3.8) is 0 Å². The van der Waals surface area contributed by atoms with Gasteiger partial charge in [-0.25, -0.2) is 4.79 Å². The Morgan fingerprint density at radius 2 is 2.16 bits per heavy atom. The third-order valence-electron chi connectivity index (χ3n) is 4.69. The molecular formula is C18H23N3O4. The van der Waals surface area contributed by atoms with E-state index < -0.39 is 11.2 Å². The first-order valence-corrected chi connectivity index (χ1v) is 8.67. The number of rotatable bonds is 6. The summed E-state index contributed by atoms with van der Waals surface area (Å²) in [4.78, 5) is 40.7. The lowest BCUT2D eigenvalue weighted by atomic mass is 10.1. The Balaban J connectivity index is 1.74. The number of carbonyl (C=O) groups excluding carboxylic acids is 1. The highest BCUT2D eigenvalue weighted by Crippen LogP contribution is 2.15. The first kappa shape index (κ1) is 17.4. The molecule has 7 nitrogen and oxygen atoms in total. The normalized spacial score (nSPS) is 17.1. The molecule has 0 spiro atoms. The standard InChI is InChI=1S/C18H23N3O4/c1-2-20(11-13-8-10-25-12-13)16(22)7-9-21-15-6-4-3-5-14(15)17(23)19-18(21)24/h3-6,13H,2,7-12H2,1H3,(H,19,23,24)/t13-/m0/s1. The zero-order chi connectivity index (χ0) is 17.8. The molecule has 0 saturated carbocycles. The Kier molecular flexibility index (Phi) is 5.33. The number of aryl methyl sites for hydroxylation is 1. The molecule has 7 heteroatoms. The van der Waals surface area contributed by atoms with Gasteiger partial charge in [-0.1, -0.05) is 12.1 Å². The fourth-order valence-corrected chi connectivity index (χ4v) is 3.28. The van der Waals surface area contributed by atoms with E-state index in [0.717, 1.165) is 13.0 Å². The van der Waals surface area contributed by atoms with Crippen LogP contribution in [-0.2, 0) is 16.1 Å². The maximum atomic E-state index is 12.5. The zero-order valence-electron chi connectivity index (χ0n) is 14.4. The van der Waals surface area contributed by atoms with Crippen LogP contribution >= 0.6 is 0 Å². The Morgan fingerprint density at radius 3 is 2.88 bits per heavy atom. The van der Waals surface area contributed by atoms with Crippen LogP contribution in [0.15, 0.2) is 33.9 Å². The molecule has 0 aliphatic carbocycles. The van der Waals surface area contributed by atoms with Gasteiger partial charge in [-0.15, -0.1) is 0 Å². The topological polar surface area (TPSA) is 84.4 Å². The van der Waals surface area contributed by atoms with Gasteiger partial charge in [0.1, 0.15) is 0 Å². The molecule has 1 amide bonds. The number of hydrogen-bond acceptors (Lipinski definition) is 4. The van der Waals surface area contributed by atoms with Crippen LogP contribution in [0.2, 0.25) is 0 Å².